The van der Waals surface area contributed by atoms with Crippen molar-refractivity contribution < 1.29 is 19.1 Å². The fourth-order valence-corrected chi connectivity index (χ4v) is 2.27. The number of hydrogen-bond acceptors (Lipinski definition) is 6. The first-order valence-corrected chi connectivity index (χ1v) is 6.45. The fourth-order valence-electron chi connectivity index (χ4n) is 1.47. The van der Waals surface area contributed by atoms with E-state index in [2.05, 4.69) is 0 Å². The second-order valence-corrected chi connectivity index (χ2v) is 5.28. The Morgan fingerprint density at radius 2 is 1.74 bits per heavy atom. The molecule has 1 aliphatic rings. The van der Waals surface area contributed by atoms with Crippen molar-refractivity contribution in [2.45, 2.75) is 24.5 Å². The van der Waals surface area contributed by atoms with Gasteiger partial charge >= 0.3 is 11.9 Å². The van der Waals surface area contributed by atoms with Crippen LogP contribution in [0, 0.1) is 0 Å². The zero-order chi connectivity index (χ0) is 14.0. The molecule has 0 unspecified atom stereocenters. The zero-order valence-corrected chi connectivity index (χ0v) is 11.3. The van der Waals surface area contributed by atoms with Gasteiger partial charge in [-0.3, -0.25) is 0 Å². The summed E-state index contributed by atoms with van der Waals surface area (Å²) in [7, 11) is 0. The van der Waals surface area contributed by atoms with Gasteiger partial charge in [-0.2, -0.15) is 0 Å². The van der Waals surface area contributed by atoms with Crippen LogP contribution in [-0.4, -0.2) is 17.7 Å². The second-order valence-electron chi connectivity index (χ2n) is 4.37. The Morgan fingerprint density at radius 3 is 2.32 bits per heavy atom. The Hall–Kier alpha value is -1.95. The highest BCUT2D eigenvalue weighted by Crippen LogP contribution is 2.29. The van der Waals surface area contributed by atoms with Gasteiger partial charge in [0.2, 0.25) is 0 Å². The first-order valence-electron chi connectivity index (χ1n) is 5.57. The molecule has 2 N–H and O–H groups in total. The summed E-state index contributed by atoms with van der Waals surface area (Å²) < 4.78 is 9.96. The van der Waals surface area contributed by atoms with Gasteiger partial charge < -0.3 is 15.2 Å². The fraction of sp³-hybridized carbons (Fsp3) is 0.231. The monoisotopic (exact) mass is 279 g/mol. The molecule has 19 heavy (non-hydrogen) atoms. The third-order valence-electron chi connectivity index (χ3n) is 2.34. The van der Waals surface area contributed by atoms with Crippen LogP contribution in [0.2, 0.25) is 0 Å². The van der Waals surface area contributed by atoms with Gasteiger partial charge in [-0.05, 0) is 17.5 Å². The summed E-state index contributed by atoms with van der Waals surface area (Å²) >= 11 is 1.17. The maximum Gasteiger partial charge on any atom is 0.349 e. The maximum absolute atomic E-state index is 11.7. The highest BCUT2D eigenvalue weighted by atomic mass is 32.2. The predicted molar refractivity (Wildman–Crippen MR) is 71.1 cm³/mol. The standard InChI is InChI=1S/C13H13NO4S/c1-13(2)17-11(15)8(12(16)18-13)7-19-10-6-4-3-5-9(10)14/h3-7H,14H2,1-2H3. The molecule has 0 aromatic heterocycles. The molecule has 1 fully saturated rings. The van der Waals surface area contributed by atoms with E-state index >= 15 is 0 Å². The molecular weight excluding hydrogens is 266 g/mol. The molecule has 1 aromatic rings. The lowest BCUT2D eigenvalue weighted by Gasteiger charge is -2.29. The number of anilines is 1. The number of rotatable bonds is 2. The van der Waals surface area contributed by atoms with Crippen LogP contribution in [0.1, 0.15) is 13.8 Å². The molecule has 1 heterocycles. The van der Waals surface area contributed by atoms with E-state index < -0.39 is 17.7 Å². The summed E-state index contributed by atoms with van der Waals surface area (Å²) in [6.07, 6.45) is 0. The Kier molecular flexibility index (Phi) is 3.53. The number of benzene rings is 1. The normalized spacial score (nSPS) is 17.7. The first kappa shape index (κ1) is 13.5. The van der Waals surface area contributed by atoms with Crippen molar-refractivity contribution >= 4 is 29.4 Å². The molecule has 100 valence electrons. The van der Waals surface area contributed by atoms with E-state index in [1.54, 1.807) is 18.2 Å². The number of carbonyl (C=O) groups is 2. The molecule has 6 heteroatoms. The summed E-state index contributed by atoms with van der Waals surface area (Å²) in [4.78, 5) is 24.1. The van der Waals surface area contributed by atoms with Crippen LogP contribution in [0.5, 0.6) is 0 Å². The van der Waals surface area contributed by atoms with E-state index in [0.29, 0.717) is 5.69 Å². The van der Waals surface area contributed by atoms with Crippen molar-refractivity contribution in [1.29, 1.82) is 0 Å². The molecule has 2 rings (SSSR count). The predicted octanol–water partition coefficient (Wildman–Crippen LogP) is 2.08. The topological polar surface area (TPSA) is 78.6 Å². The highest BCUT2D eigenvalue weighted by Gasteiger charge is 2.38. The Labute approximate surface area is 114 Å². The van der Waals surface area contributed by atoms with Crippen LogP contribution < -0.4 is 5.73 Å². The van der Waals surface area contributed by atoms with E-state index in [4.69, 9.17) is 15.2 Å². The van der Waals surface area contributed by atoms with Gasteiger partial charge in [-0.1, -0.05) is 23.9 Å². The smallest absolute Gasteiger partial charge is 0.349 e. The molecule has 1 aromatic carbocycles. The highest BCUT2D eigenvalue weighted by molar-refractivity contribution is 8.02. The summed E-state index contributed by atoms with van der Waals surface area (Å²) in [6.45, 7) is 3.00. The van der Waals surface area contributed by atoms with E-state index in [-0.39, 0.29) is 5.57 Å². The number of nitrogens with two attached hydrogens (primary N) is 1. The average Bonchev–Trinajstić information content (AvgIpc) is 2.28. The van der Waals surface area contributed by atoms with Crippen molar-refractivity contribution in [3.63, 3.8) is 0 Å². The Balaban J connectivity index is 2.18. The molecule has 1 saturated heterocycles. The molecular formula is C13H13NO4S. The lowest BCUT2D eigenvalue weighted by molar-refractivity contribution is -0.222. The third kappa shape index (κ3) is 3.08. The van der Waals surface area contributed by atoms with Crippen molar-refractivity contribution in [3.05, 3.63) is 35.2 Å². The van der Waals surface area contributed by atoms with Gasteiger partial charge in [0.1, 0.15) is 0 Å². The van der Waals surface area contributed by atoms with Crippen LogP contribution >= 0.6 is 11.8 Å². The van der Waals surface area contributed by atoms with Crippen molar-refractivity contribution in [2.75, 3.05) is 5.73 Å². The average molecular weight is 279 g/mol. The minimum atomic E-state index is -1.22. The van der Waals surface area contributed by atoms with Crippen LogP contribution in [0.4, 0.5) is 5.69 Å². The van der Waals surface area contributed by atoms with Crippen LogP contribution in [0.25, 0.3) is 0 Å². The number of ether oxygens (including phenoxy) is 2. The van der Waals surface area contributed by atoms with Crippen LogP contribution in [-0.2, 0) is 19.1 Å². The molecule has 0 radical (unpaired) electrons. The van der Waals surface area contributed by atoms with E-state index in [9.17, 15) is 9.59 Å². The Bertz CT molecular complexity index is 544. The molecule has 1 aliphatic heterocycles. The lowest BCUT2D eigenvalue weighted by Crippen LogP contribution is -2.41. The first-order chi connectivity index (χ1) is 8.89. The number of cyclic esters (lactones) is 2. The quantitative estimate of drug-likeness (QED) is 0.293. The second kappa shape index (κ2) is 4.97. The van der Waals surface area contributed by atoms with Gasteiger partial charge in [0.05, 0.1) is 0 Å². The number of carbonyl (C=O) groups excluding carboxylic acids is 2. The van der Waals surface area contributed by atoms with Gasteiger partial charge in [0.25, 0.3) is 5.79 Å². The summed E-state index contributed by atoms with van der Waals surface area (Å²) in [5.41, 5.74) is 6.21. The summed E-state index contributed by atoms with van der Waals surface area (Å²) in [5.74, 6) is -2.60. The van der Waals surface area contributed by atoms with E-state index in [0.717, 1.165) is 4.90 Å². The molecule has 5 nitrogen and oxygen atoms in total. The molecule has 0 atom stereocenters. The van der Waals surface area contributed by atoms with E-state index in [1.807, 2.05) is 6.07 Å². The molecule has 0 aliphatic carbocycles. The molecule has 0 amide bonds. The summed E-state index contributed by atoms with van der Waals surface area (Å²) in [5, 5.41) is 1.39. The number of esters is 2. The number of thioether (sulfide) groups is 1. The maximum atomic E-state index is 11.7. The number of nitrogen functional groups attached to an aromatic ring is 1. The van der Waals surface area contributed by atoms with Crippen LogP contribution in [0.15, 0.2) is 40.1 Å². The summed E-state index contributed by atoms with van der Waals surface area (Å²) in [6, 6.07) is 7.15. The van der Waals surface area contributed by atoms with Gasteiger partial charge in [-0.25, -0.2) is 9.59 Å². The van der Waals surface area contributed by atoms with Crippen molar-refractivity contribution in [1.82, 2.24) is 0 Å². The van der Waals surface area contributed by atoms with Crippen molar-refractivity contribution in [3.8, 4) is 0 Å². The number of hydrogen-bond donors (Lipinski definition) is 1. The SMILES string of the molecule is CC1(C)OC(=O)C(=CSc2ccccc2N)C(=O)O1. The number of para-hydroxylation sites is 1. The van der Waals surface area contributed by atoms with Gasteiger partial charge in [-0.15, -0.1) is 0 Å². The molecule has 0 saturated carbocycles. The largest absolute Gasteiger partial charge is 0.419 e. The Morgan fingerprint density at radius 1 is 1.16 bits per heavy atom. The van der Waals surface area contributed by atoms with Crippen molar-refractivity contribution in [2.24, 2.45) is 0 Å². The van der Waals surface area contributed by atoms with Gasteiger partial charge in [0.15, 0.2) is 5.57 Å². The lowest BCUT2D eigenvalue weighted by atomic mass is 10.2. The third-order valence-corrected chi connectivity index (χ3v) is 3.32. The molecule has 0 bridgehead atoms. The minimum Gasteiger partial charge on any atom is -0.419 e. The van der Waals surface area contributed by atoms with Gasteiger partial charge in [0, 0.05) is 24.4 Å². The molecule has 0 spiro atoms. The zero-order valence-electron chi connectivity index (χ0n) is 10.5. The van der Waals surface area contributed by atoms with E-state index in [1.165, 1.54) is 31.0 Å². The minimum absolute atomic E-state index is 0.132. The van der Waals surface area contributed by atoms with Crippen LogP contribution in [0.3, 0.4) is 0 Å².